The van der Waals surface area contributed by atoms with Gasteiger partial charge in [-0.2, -0.15) is 0 Å². The van der Waals surface area contributed by atoms with Crippen molar-refractivity contribution in [3.8, 4) is 0 Å². The van der Waals surface area contributed by atoms with Crippen molar-refractivity contribution >= 4 is 31.6 Å². The van der Waals surface area contributed by atoms with Crippen molar-refractivity contribution in [1.29, 1.82) is 0 Å². The summed E-state index contributed by atoms with van der Waals surface area (Å²) in [7, 11) is -3.58. The summed E-state index contributed by atoms with van der Waals surface area (Å²) in [4.78, 5) is 0.179. The molecule has 1 aromatic rings. The second-order valence-corrected chi connectivity index (χ2v) is 7.14. The number of hydrogen-bond donors (Lipinski definition) is 2. The lowest BCUT2D eigenvalue weighted by Crippen LogP contribution is -2.28. The van der Waals surface area contributed by atoms with Crippen LogP contribution in [0.25, 0.3) is 0 Å². The molecule has 3 N–H and O–H groups in total. The van der Waals surface area contributed by atoms with Crippen molar-refractivity contribution in [3.63, 3.8) is 0 Å². The average Bonchev–Trinajstić information content (AvgIpc) is 2.32. The molecule has 0 aliphatic heterocycles. The highest BCUT2D eigenvalue weighted by Gasteiger charge is 2.17. The first-order valence-corrected chi connectivity index (χ1v) is 8.29. The van der Waals surface area contributed by atoms with Crippen molar-refractivity contribution in [2.75, 3.05) is 25.5 Å². The van der Waals surface area contributed by atoms with Gasteiger partial charge in [-0.05, 0) is 47.5 Å². The maximum atomic E-state index is 12.2. The minimum Gasteiger partial charge on any atom is -0.398 e. The van der Waals surface area contributed by atoms with Crippen LogP contribution in [0.4, 0.5) is 5.69 Å². The summed E-state index contributed by atoms with van der Waals surface area (Å²) in [6, 6.07) is 3.12. The minimum absolute atomic E-state index is 0.179. The van der Waals surface area contributed by atoms with Crippen molar-refractivity contribution < 1.29 is 13.2 Å². The third-order valence-corrected chi connectivity index (χ3v) is 4.76. The van der Waals surface area contributed by atoms with E-state index in [0.29, 0.717) is 22.3 Å². The molecule has 0 bridgehead atoms. The van der Waals surface area contributed by atoms with Crippen LogP contribution in [-0.2, 0) is 14.8 Å². The molecular weight excluding hydrogens is 344 g/mol. The molecule has 0 aromatic heterocycles. The van der Waals surface area contributed by atoms with Crippen molar-refractivity contribution in [3.05, 3.63) is 34.3 Å². The third kappa shape index (κ3) is 4.90. The molecule has 1 rings (SSSR count). The van der Waals surface area contributed by atoms with Gasteiger partial charge in [0.1, 0.15) is 0 Å². The van der Waals surface area contributed by atoms with Crippen molar-refractivity contribution in [2.24, 2.45) is 0 Å². The fraction of sp³-hybridized carbons (Fsp3) is 0.385. The Labute approximate surface area is 128 Å². The molecule has 0 spiro atoms. The summed E-state index contributed by atoms with van der Waals surface area (Å²) in [6.45, 7) is 8.17. The molecule has 0 unspecified atom stereocenters. The van der Waals surface area contributed by atoms with Gasteiger partial charge in [0.05, 0.1) is 18.1 Å². The Morgan fingerprint density at radius 2 is 2.15 bits per heavy atom. The number of benzene rings is 1. The Morgan fingerprint density at radius 1 is 1.50 bits per heavy atom. The van der Waals surface area contributed by atoms with Crippen LogP contribution in [0.5, 0.6) is 0 Å². The van der Waals surface area contributed by atoms with Gasteiger partial charge < -0.3 is 10.5 Å². The van der Waals surface area contributed by atoms with Gasteiger partial charge >= 0.3 is 0 Å². The molecule has 0 fully saturated rings. The highest BCUT2D eigenvalue weighted by Crippen LogP contribution is 2.26. The second-order valence-electron chi connectivity index (χ2n) is 4.55. The maximum Gasteiger partial charge on any atom is 0.240 e. The number of sulfonamides is 1. The van der Waals surface area contributed by atoms with Crippen LogP contribution in [0.1, 0.15) is 12.5 Å². The molecule has 112 valence electrons. The van der Waals surface area contributed by atoms with E-state index >= 15 is 0 Å². The second kappa shape index (κ2) is 7.21. The number of halogens is 1. The Balaban J connectivity index is 2.70. The topological polar surface area (TPSA) is 81.4 Å². The number of nitrogen functional groups attached to an aromatic ring is 1. The van der Waals surface area contributed by atoms with Gasteiger partial charge in [0.25, 0.3) is 0 Å². The predicted octanol–water partition coefficient (Wildman–Crippen LogP) is 2.21. The molecule has 1 aromatic carbocycles. The summed E-state index contributed by atoms with van der Waals surface area (Å²) in [5.41, 5.74) is 7.63. The van der Waals surface area contributed by atoms with Gasteiger partial charge in [-0.25, -0.2) is 13.1 Å². The van der Waals surface area contributed by atoms with Gasteiger partial charge in [0.15, 0.2) is 0 Å². The van der Waals surface area contributed by atoms with Gasteiger partial charge in [-0.1, -0.05) is 12.2 Å². The Bertz CT molecular complexity index is 600. The van der Waals surface area contributed by atoms with Crippen molar-refractivity contribution in [2.45, 2.75) is 18.7 Å². The number of hydrogen-bond acceptors (Lipinski definition) is 4. The van der Waals surface area contributed by atoms with Crippen LogP contribution < -0.4 is 10.5 Å². The highest BCUT2D eigenvalue weighted by molar-refractivity contribution is 9.10. The predicted molar refractivity (Wildman–Crippen MR) is 84.1 cm³/mol. The van der Waals surface area contributed by atoms with Crippen LogP contribution in [-0.4, -0.2) is 28.2 Å². The van der Waals surface area contributed by atoms with Crippen LogP contribution >= 0.6 is 15.9 Å². The van der Waals surface area contributed by atoms with E-state index < -0.39 is 10.0 Å². The zero-order valence-electron chi connectivity index (χ0n) is 11.6. The molecule has 0 heterocycles. The highest BCUT2D eigenvalue weighted by atomic mass is 79.9. The maximum absolute atomic E-state index is 12.2. The molecule has 0 radical (unpaired) electrons. The monoisotopic (exact) mass is 362 g/mol. The van der Waals surface area contributed by atoms with E-state index in [9.17, 15) is 8.42 Å². The largest absolute Gasteiger partial charge is 0.398 e. The van der Waals surface area contributed by atoms with Crippen LogP contribution in [0.2, 0.25) is 0 Å². The fourth-order valence-electron chi connectivity index (χ4n) is 1.53. The van der Waals surface area contributed by atoms with Crippen molar-refractivity contribution in [1.82, 2.24) is 4.72 Å². The molecular formula is C13H19BrN2O3S. The van der Waals surface area contributed by atoms with E-state index in [2.05, 4.69) is 27.2 Å². The Kier molecular flexibility index (Phi) is 6.19. The Morgan fingerprint density at radius 3 is 2.75 bits per heavy atom. The molecule has 7 heteroatoms. The number of aryl methyl sites for hydroxylation is 1. The first kappa shape index (κ1) is 17.2. The molecule has 0 aliphatic carbocycles. The van der Waals surface area contributed by atoms with E-state index in [0.717, 1.165) is 5.57 Å². The lowest BCUT2D eigenvalue weighted by atomic mass is 10.2. The standard InChI is InChI=1S/C13H19BrN2O3S/c1-9(2)8-19-5-4-16-20(17,18)13-7-12(15)11(14)6-10(13)3/h6-7,16H,1,4-5,8,15H2,2-3H3. The first-order valence-electron chi connectivity index (χ1n) is 6.01. The molecule has 20 heavy (non-hydrogen) atoms. The summed E-state index contributed by atoms with van der Waals surface area (Å²) in [5.74, 6) is 0. The van der Waals surface area contributed by atoms with E-state index in [1.54, 1.807) is 13.0 Å². The van der Waals surface area contributed by atoms with Crippen LogP contribution in [0.3, 0.4) is 0 Å². The van der Waals surface area contributed by atoms with E-state index in [-0.39, 0.29) is 18.0 Å². The summed E-state index contributed by atoms with van der Waals surface area (Å²) >= 11 is 3.27. The molecule has 5 nitrogen and oxygen atoms in total. The molecule has 0 saturated carbocycles. The smallest absolute Gasteiger partial charge is 0.240 e. The SMILES string of the molecule is C=C(C)COCCNS(=O)(=O)c1cc(N)c(Br)cc1C. The molecule has 0 amide bonds. The zero-order chi connectivity index (χ0) is 15.3. The van der Waals surface area contributed by atoms with E-state index in [1.165, 1.54) is 6.07 Å². The van der Waals surface area contributed by atoms with Gasteiger partial charge in [-0.15, -0.1) is 0 Å². The average molecular weight is 363 g/mol. The number of ether oxygens (including phenoxy) is 1. The molecule has 0 saturated heterocycles. The fourth-order valence-corrected chi connectivity index (χ4v) is 3.26. The summed E-state index contributed by atoms with van der Waals surface area (Å²) in [6.07, 6.45) is 0. The zero-order valence-corrected chi connectivity index (χ0v) is 14.0. The normalized spacial score (nSPS) is 11.6. The van der Waals surface area contributed by atoms with Crippen LogP contribution in [0.15, 0.2) is 33.7 Å². The minimum atomic E-state index is -3.58. The van der Waals surface area contributed by atoms with E-state index in [1.807, 2.05) is 6.92 Å². The number of anilines is 1. The summed E-state index contributed by atoms with van der Waals surface area (Å²) in [5, 5.41) is 0. The van der Waals surface area contributed by atoms with E-state index in [4.69, 9.17) is 10.5 Å². The Hall–Kier alpha value is -0.890. The van der Waals surface area contributed by atoms with Gasteiger partial charge in [0.2, 0.25) is 10.0 Å². The quantitative estimate of drug-likeness (QED) is 0.442. The lowest BCUT2D eigenvalue weighted by molar-refractivity contribution is 0.162. The first-order chi connectivity index (χ1) is 9.24. The molecule has 0 atom stereocenters. The number of nitrogens with one attached hydrogen (secondary N) is 1. The van der Waals surface area contributed by atoms with Crippen LogP contribution in [0, 0.1) is 6.92 Å². The van der Waals surface area contributed by atoms with Gasteiger partial charge in [0, 0.05) is 16.7 Å². The number of nitrogens with two attached hydrogens (primary N) is 1. The third-order valence-electron chi connectivity index (χ3n) is 2.47. The summed E-state index contributed by atoms with van der Waals surface area (Å²) < 4.78 is 32.7. The number of rotatable bonds is 7. The molecule has 0 aliphatic rings. The lowest BCUT2D eigenvalue weighted by Gasteiger charge is -2.11. The van der Waals surface area contributed by atoms with Gasteiger partial charge in [-0.3, -0.25) is 0 Å².